The molecule has 0 spiro atoms. The van der Waals surface area contributed by atoms with E-state index in [0.29, 0.717) is 5.56 Å². The zero-order valence-electron chi connectivity index (χ0n) is 15.1. The quantitative estimate of drug-likeness (QED) is 0.371. The molecule has 0 radical (unpaired) electrons. The molecule has 142 valence electrons. The molecule has 1 N–H and O–H groups in total. The highest BCUT2D eigenvalue weighted by molar-refractivity contribution is 8.18. The van der Waals surface area contributed by atoms with Crippen LogP contribution < -0.4 is 5.32 Å². The van der Waals surface area contributed by atoms with Crippen molar-refractivity contribution in [2.45, 2.75) is 6.92 Å². The number of rotatable bonds is 4. The van der Waals surface area contributed by atoms with Gasteiger partial charge in [0, 0.05) is 6.08 Å². The van der Waals surface area contributed by atoms with E-state index in [-0.39, 0.29) is 15.9 Å². The highest BCUT2D eigenvalue weighted by Gasteiger charge is 2.24. The Balaban J connectivity index is 1.74. The van der Waals surface area contributed by atoms with Crippen molar-refractivity contribution in [2.24, 2.45) is 10.2 Å². The van der Waals surface area contributed by atoms with Crippen molar-refractivity contribution < 1.29 is 18.7 Å². The minimum atomic E-state index is -0.616. The van der Waals surface area contributed by atoms with Crippen LogP contribution in [0.4, 0.5) is 4.39 Å². The molecule has 1 fully saturated rings. The van der Waals surface area contributed by atoms with E-state index in [1.807, 2.05) is 24.3 Å². The average Bonchev–Trinajstić information content (AvgIpc) is 3.03. The molecule has 2 aromatic carbocycles. The number of hydrogen-bond acceptors (Lipinski definition) is 6. The number of aryl methyl sites for hydroxylation is 1. The Morgan fingerprint density at radius 1 is 1.21 bits per heavy atom. The number of nitrogens with zero attached hydrogens (tertiary/aromatic N) is 2. The third-order valence-electron chi connectivity index (χ3n) is 3.83. The number of esters is 1. The Labute approximate surface area is 165 Å². The molecule has 0 aromatic heterocycles. The van der Waals surface area contributed by atoms with Crippen LogP contribution in [0.25, 0.3) is 11.1 Å². The first-order chi connectivity index (χ1) is 13.5. The van der Waals surface area contributed by atoms with Gasteiger partial charge < -0.3 is 4.74 Å². The number of amides is 1. The molecule has 0 bridgehead atoms. The zero-order chi connectivity index (χ0) is 20.1. The molecule has 8 heteroatoms. The summed E-state index contributed by atoms with van der Waals surface area (Å²) in [5.74, 6) is -1.29. The number of carbonyl (C=O) groups is 2. The number of thioether (sulfide) groups is 1. The molecule has 0 atom stereocenters. The first kappa shape index (κ1) is 19.5. The van der Waals surface area contributed by atoms with Crippen LogP contribution in [0.2, 0.25) is 0 Å². The number of hydrogen-bond donors (Lipinski definition) is 1. The largest absolute Gasteiger partial charge is 0.466 e. The Kier molecular flexibility index (Phi) is 6.00. The number of halogens is 1. The van der Waals surface area contributed by atoms with E-state index in [2.05, 4.69) is 20.3 Å². The number of amidine groups is 1. The monoisotopic (exact) mass is 397 g/mol. The van der Waals surface area contributed by atoms with Crippen LogP contribution in [0.15, 0.2) is 63.6 Å². The summed E-state index contributed by atoms with van der Waals surface area (Å²) in [6, 6.07) is 12.5. The lowest BCUT2D eigenvalue weighted by atomic mass is 10.0. The van der Waals surface area contributed by atoms with Crippen LogP contribution in [0, 0.1) is 12.7 Å². The predicted molar refractivity (Wildman–Crippen MR) is 107 cm³/mol. The molecule has 2 aromatic rings. The fraction of sp³-hybridized carbons (Fsp3) is 0.100. The lowest BCUT2D eigenvalue weighted by Crippen LogP contribution is -2.19. The van der Waals surface area contributed by atoms with Gasteiger partial charge in [0.2, 0.25) is 0 Å². The number of methoxy groups -OCH3 is 1. The number of carbonyl (C=O) groups excluding carboxylic acids is 2. The third-order valence-corrected chi connectivity index (χ3v) is 4.73. The topological polar surface area (TPSA) is 80.1 Å². The van der Waals surface area contributed by atoms with Crippen LogP contribution in [-0.2, 0) is 14.3 Å². The molecule has 0 unspecified atom stereocenters. The van der Waals surface area contributed by atoms with Gasteiger partial charge in [-0.25, -0.2) is 9.18 Å². The summed E-state index contributed by atoms with van der Waals surface area (Å²) in [5, 5.41) is 10.7. The van der Waals surface area contributed by atoms with Crippen molar-refractivity contribution in [3.05, 3.63) is 70.4 Å². The standard InChI is InChI=1S/C20H16FN3O3S/c1-12-8-15(6-7-16(12)21)14-5-3-4-13(9-14)11-22-24-20-23-19(26)17(28-20)10-18(25)27-2/h3-11H,1-2H3,(H,23,24,26)/b17-10+,22-11?. The molecule has 6 nitrogen and oxygen atoms in total. The number of benzene rings is 2. The summed E-state index contributed by atoms with van der Waals surface area (Å²) in [6.45, 7) is 1.72. The smallest absolute Gasteiger partial charge is 0.331 e. The van der Waals surface area contributed by atoms with Crippen molar-refractivity contribution in [1.29, 1.82) is 0 Å². The maximum atomic E-state index is 13.5. The van der Waals surface area contributed by atoms with E-state index >= 15 is 0 Å². The van der Waals surface area contributed by atoms with E-state index in [0.717, 1.165) is 34.5 Å². The molecule has 3 rings (SSSR count). The summed E-state index contributed by atoms with van der Waals surface area (Å²) in [4.78, 5) is 23.2. The van der Waals surface area contributed by atoms with Gasteiger partial charge in [0.15, 0.2) is 5.17 Å². The van der Waals surface area contributed by atoms with Gasteiger partial charge in [0.05, 0.1) is 18.2 Å². The van der Waals surface area contributed by atoms with Crippen molar-refractivity contribution in [2.75, 3.05) is 7.11 Å². The Hall–Kier alpha value is -3.26. The second kappa shape index (κ2) is 8.62. The normalized spacial score (nSPS) is 16.8. The van der Waals surface area contributed by atoms with Gasteiger partial charge in [-0.15, -0.1) is 5.10 Å². The fourth-order valence-corrected chi connectivity index (χ4v) is 3.15. The van der Waals surface area contributed by atoms with Crippen LogP contribution in [0.1, 0.15) is 11.1 Å². The van der Waals surface area contributed by atoms with Gasteiger partial charge in [-0.1, -0.05) is 24.3 Å². The van der Waals surface area contributed by atoms with Gasteiger partial charge in [0.25, 0.3) is 5.91 Å². The van der Waals surface area contributed by atoms with Crippen LogP contribution >= 0.6 is 11.8 Å². The lowest BCUT2D eigenvalue weighted by molar-refractivity contribution is -0.135. The molecule has 0 aliphatic carbocycles. The molecule has 1 saturated heterocycles. The summed E-state index contributed by atoms with van der Waals surface area (Å²) in [5.41, 5.74) is 3.19. The predicted octanol–water partition coefficient (Wildman–Crippen LogP) is 3.41. The maximum absolute atomic E-state index is 13.5. The molecule has 1 heterocycles. The van der Waals surface area contributed by atoms with Crippen LogP contribution in [-0.4, -0.2) is 30.4 Å². The summed E-state index contributed by atoms with van der Waals surface area (Å²) in [6.07, 6.45) is 2.64. The maximum Gasteiger partial charge on any atom is 0.331 e. The van der Waals surface area contributed by atoms with E-state index in [4.69, 9.17) is 0 Å². The van der Waals surface area contributed by atoms with Crippen molar-refractivity contribution in [3.63, 3.8) is 0 Å². The van der Waals surface area contributed by atoms with Crippen molar-refractivity contribution in [3.8, 4) is 11.1 Å². The van der Waals surface area contributed by atoms with E-state index in [1.165, 1.54) is 13.2 Å². The van der Waals surface area contributed by atoms with Gasteiger partial charge in [-0.05, 0) is 59.1 Å². The van der Waals surface area contributed by atoms with Crippen molar-refractivity contribution in [1.82, 2.24) is 5.32 Å². The molecule has 1 aliphatic rings. The number of ether oxygens (including phenoxy) is 1. The zero-order valence-corrected chi connectivity index (χ0v) is 15.9. The third kappa shape index (κ3) is 4.72. The molecular formula is C20H16FN3O3S. The van der Waals surface area contributed by atoms with Gasteiger partial charge in [-0.3, -0.25) is 10.1 Å². The minimum absolute atomic E-state index is 0.189. The van der Waals surface area contributed by atoms with Gasteiger partial charge in [-0.2, -0.15) is 5.10 Å². The highest BCUT2D eigenvalue weighted by Crippen LogP contribution is 2.24. The SMILES string of the molecule is COC(=O)/C=C1/S/C(=N\N=Cc2cccc(-c3ccc(F)c(C)c3)c2)NC1=O. The summed E-state index contributed by atoms with van der Waals surface area (Å²) >= 11 is 1.00. The Bertz CT molecular complexity index is 1030. The lowest BCUT2D eigenvalue weighted by Gasteiger charge is -2.04. The average molecular weight is 397 g/mol. The number of nitrogens with one attached hydrogen (secondary N) is 1. The first-order valence-electron chi connectivity index (χ1n) is 8.23. The van der Waals surface area contributed by atoms with E-state index in [9.17, 15) is 14.0 Å². The molecule has 1 amide bonds. The van der Waals surface area contributed by atoms with Gasteiger partial charge in [0.1, 0.15) is 5.82 Å². The minimum Gasteiger partial charge on any atom is -0.466 e. The van der Waals surface area contributed by atoms with E-state index in [1.54, 1.807) is 25.3 Å². The van der Waals surface area contributed by atoms with E-state index < -0.39 is 11.9 Å². The summed E-state index contributed by atoms with van der Waals surface area (Å²) < 4.78 is 18.0. The fourth-order valence-electron chi connectivity index (χ4n) is 2.41. The molecule has 0 saturated carbocycles. The second-order valence-electron chi connectivity index (χ2n) is 5.83. The summed E-state index contributed by atoms with van der Waals surface area (Å²) in [7, 11) is 1.23. The highest BCUT2D eigenvalue weighted by atomic mass is 32.2. The Morgan fingerprint density at radius 2 is 2.00 bits per heavy atom. The molecule has 1 aliphatic heterocycles. The van der Waals surface area contributed by atoms with Gasteiger partial charge >= 0.3 is 5.97 Å². The Morgan fingerprint density at radius 3 is 2.75 bits per heavy atom. The second-order valence-corrected chi connectivity index (χ2v) is 6.86. The molecular weight excluding hydrogens is 381 g/mol. The van der Waals surface area contributed by atoms with Crippen LogP contribution in [0.3, 0.4) is 0 Å². The molecule has 28 heavy (non-hydrogen) atoms. The van der Waals surface area contributed by atoms with Crippen molar-refractivity contribution >= 4 is 35.0 Å². The first-order valence-corrected chi connectivity index (χ1v) is 9.04. The van der Waals surface area contributed by atoms with Crippen LogP contribution in [0.5, 0.6) is 0 Å².